The first-order valence-corrected chi connectivity index (χ1v) is 14.6. The number of rotatable bonds is 7. The lowest BCUT2D eigenvalue weighted by molar-refractivity contribution is 0.0735. The normalized spacial score (nSPS) is 16.2. The molecule has 2 atom stereocenters. The highest BCUT2D eigenvalue weighted by molar-refractivity contribution is 7.09. The van der Waals surface area contributed by atoms with Gasteiger partial charge in [-0.25, -0.2) is 9.97 Å². The molecule has 2 aromatic carbocycles. The van der Waals surface area contributed by atoms with E-state index in [4.69, 9.17) is 15.1 Å². The average Bonchev–Trinajstić information content (AvgIpc) is 3.78. The zero-order valence-electron chi connectivity index (χ0n) is 23.3. The lowest BCUT2D eigenvalue weighted by atomic mass is 9.94. The molecule has 2 N–H and O–H groups in total. The van der Waals surface area contributed by atoms with Gasteiger partial charge >= 0.3 is 0 Å². The number of aromatic nitrogens is 4. The van der Waals surface area contributed by atoms with E-state index in [2.05, 4.69) is 21.3 Å². The summed E-state index contributed by atoms with van der Waals surface area (Å²) in [4.78, 5) is 25.4. The number of aryl methyl sites for hydroxylation is 1. The molecule has 0 bridgehead atoms. The van der Waals surface area contributed by atoms with E-state index in [1.165, 1.54) is 0 Å². The summed E-state index contributed by atoms with van der Waals surface area (Å²) in [5, 5.41) is 21.3. The number of carbonyl (C=O) groups excluding carboxylic acids is 1. The van der Waals surface area contributed by atoms with Crippen molar-refractivity contribution in [3.8, 4) is 28.9 Å². The van der Waals surface area contributed by atoms with Crippen molar-refractivity contribution in [2.24, 2.45) is 5.73 Å². The summed E-state index contributed by atoms with van der Waals surface area (Å²) in [7, 11) is 0. The summed E-state index contributed by atoms with van der Waals surface area (Å²) in [6.45, 7) is 4.42. The largest absolute Gasteiger partial charge is 0.417 e. The second-order valence-electron chi connectivity index (χ2n) is 10.8. The van der Waals surface area contributed by atoms with Crippen molar-refractivity contribution in [3.05, 3.63) is 105 Å². The predicted molar refractivity (Wildman–Crippen MR) is 159 cm³/mol. The van der Waals surface area contributed by atoms with Crippen LogP contribution in [-0.2, 0) is 12.0 Å². The first kappa shape index (κ1) is 27.4. The van der Waals surface area contributed by atoms with Gasteiger partial charge in [-0.15, -0.1) is 21.5 Å². The number of pyridine rings is 1. The molecule has 9 nitrogen and oxygen atoms in total. The zero-order chi connectivity index (χ0) is 29.3. The van der Waals surface area contributed by atoms with Crippen LogP contribution in [0.5, 0.6) is 0 Å². The van der Waals surface area contributed by atoms with Gasteiger partial charge in [0, 0.05) is 28.7 Å². The molecule has 1 saturated heterocycles. The molecule has 1 fully saturated rings. The van der Waals surface area contributed by atoms with Gasteiger partial charge in [0.2, 0.25) is 5.89 Å². The van der Waals surface area contributed by atoms with E-state index in [1.807, 2.05) is 66.6 Å². The fourth-order valence-electron chi connectivity index (χ4n) is 5.32. The van der Waals surface area contributed by atoms with E-state index in [0.717, 1.165) is 29.1 Å². The maximum Gasteiger partial charge on any atom is 0.266 e. The first-order valence-electron chi connectivity index (χ1n) is 13.7. The van der Waals surface area contributed by atoms with Crippen LogP contribution in [0.15, 0.2) is 76.5 Å². The number of carbonyl (C=O) groups is 1. The van der Waals surface area contributed by atoms with Crippen LogP contribution in [0.4, 0.5) is 0 Å². The van der Waals surface area contributed by atoms with Gasteiger partial charge in [-0.05, 0) is 56.9 Å². The van der Waals surface area contributed by atoms with Crippen molar-refractivity contribution in [2.45, 2.75) is 44.7 Å². The Balaban J connectivity index is 1.40. The van der Waals surface area contributed by atoms with Gasteiger partial charge in [0.15, 0.2) is 0 Å². The molecule has 0 saturated carbocycles. The molecule has 210 valence electrons. The second-order valence-corrected chi connectivity index (χ2v) is 11.6. The van der Waals surface area contributed by atoms with Crippen LogP contribution < -0.4 is 5.73 Å². The van der Waals surface area contributed by atoms with E-state index < -0.39 is 5.54 Å². The van der Waals surface area contributed by atoms with Crippen molar-refractivity contribution < 1.29 is 9.21 Å². The molecule has 0 radical (unpaired) electrons. The molecule has 42 heavy (non-hydrogen) atoms. The van der Waals surface area contributed by atoms with E-state index in [0.29, 0.717) is 41.0 Å². The number of benzene rings is 2. The summed E-state index contributed by atoms with van der Waals surface area (Å²) in [6, 6.07) is 22.6. The molecule has 3 aromatic heterocycles. The molecular formula is C32H29N7O2S. The number of amides is 1. The number of hydrogen-bond acceptors (Lipinski definition) is 9. The Hall–Kier alpha value is -4.72. The van der Waals surface area contributed by atoms with Gasteiger partial charge in [0.05, 0.1) is 28.9 Å². The fourth-order valence-corrected chi connectivity index (χ4v) is 6.26. The molecule has 0 unspecified atom stereocenters. The highest BCUT2D eigenvalue weighted by atomic mass is 32.1. The van der Waals surface area contributed by atoms with Crippen LogP contribution in [0.3, 0.4) is 0 Å². The Morgan fingerprint density at radius 1 is 1.12 bits per heavy atom. The SMILES string of the molecule is Cc1csc([C@H]2CCCN2C(=O)c2cc(-c3nnc([C@](C)(N)Cc4ccccc4)o3)nc(-c3ccccc3C#N)c2)n1. The summed E-state index contributed by atoms with van der Waals surface area (Å²) in [5.74, 6) is 0.267. The molecule has 5 aromatic rings. The summed E-state index contributed by atoms with van der Waals surface area (Å²) < 4.78 is 6.10. The summed E-state index contributed by atoms with van der Waals surface area (Å²) in [6.07, 6.45) is 2.24. The number of nitriles is 1. The zero-order valence-corrected chi connectivity index (χ0v) is 24.1. The standard InChI is InChI=1S/C32H29N7O2S/c1-20-19-42-29(35-20)27-13-8-14-39(27)30(40)23-15-25(24-12-7-6-11-22(24)18-33)36-26(16-23)28-37-38-31(41-28)32(2,34)17-21-9-4-3-5-10-21/h3-7,9-12,15-16,19,27H,8,13-14,17,34H2,1-2H3/t27-,32-/m1/s1. The second kappa shape index (κ2) is 11.3. The van der Waals surface area contributed by atoms with Gasteiger partial charge in [-0.1, -0.05) is 48.5 Å². The Labute approximate surface area is 247 Å². The predicted octanol–water partition coefficient (Wildman–Crippen LogP) is 5.83. The number of nitrogens with zero attached hydrogens (tertiary/aromatic N) is 6. The highest BCUT2D eigenvalue weighted by Gasteiger charge is 2.34. The van der Waals surface area contributed by atoms with Crippen molar-refractivity contribution in [2.75, 3.05) is 6.54 Å². The Morgan fingerprint density at radius 3 is 2.64 bits per heavy atom. The third-order valence-corrected chi connectivity index (χ3v) is 8.44. The van der Waals surface area contributed by atoms with Crippen LogP contribution in [0, 0.1) is 18.3 Å². The van der Waals surface area contributed by atoms with Crippen LogP contribution in [0.1, 0.15) is 63.9 Å². The van der Waals surface area contributed by atoms with Gasteiger partial charge in [0.1, 0.15) is 10.7 Å². The third-order valence-electron chi connectivity index (χ3n) is 7.38. The van der Waals surface area contributed by atoms with Gasteiger partial charge in [-0.3, -0.25) is 4.79 Å². The minimum atomic E-state index is -0.926. The fraction of sp³-hybridized carbons (Fsp3) is 0.250. The monoisotopic (exact) mass is 575 g/mol. The van der Waals surface area contributed by atoms with Crippen molar-refractivity contribution in [1.29, 1.82) is 5.26 Å². The summed E-state index contributed by atoms with van der Waals surface area (Å²) >= 11 is 1.58. The maximum atomic E-state index is 14.1. The number of nitrogens with two attached hydrogens (primary N) is 1. The smallest absolute Gasteiger partial charge is 0.266 e. The molecule has 4 heterocycles. The van der Waals surface area contributed by atoms with Gasteiger partial charge in [0.25, 0.3) is 11.8 Å². The lowest BCUT2D eigenvalue weighted by Gasteiger charge is -2.23. The topological polar surface area (TPSA) is 135 Å². The van der Waals surface area contributed by atoms with E-state index in [9.17, 15) is 10.1 Å². The number of thiazole rings is 1. The minimum absolute atomic E-state index is 0.0893. The molecule has 1 aliphatic heterocycles. The third kappa shape index (κ3) is 5.44. The molecule has 0 aliphatic carbocycles. The van der Waals surface area contributed by atoms with E-state index >= 15 is 0 Å². The molecule has 1 amide bonds. The molecule has 0 spiro atoms. The number of likely N-dealkylation sites (tertiary alicyclic amines) is 1. The minimum Gasteiger partial charge on any atom is -0.417 e. The van der Waals surface area contributed by atoms with Crippen LogP contribution in [0.2, 0.25) is 0 Å². The molecule has 10 heteroatoms. The molecule has 1 aliphatic rings. The maximum absolute atomic E-state index is 14.1. The lowest BCUT2D eigenvalue weighted by Crippen LogP contribution is -2.35. The van der Waals surface area contributed by atoms with Gasteiger partial charge < -0.3 is 15.1 Å². The van der Waals surface area contributed by atoms with Crippen molar-refractivity contribution in [3.63, 3.8) is 0 Å². The molecular weight excluding hydrogens is 546 g/mol. The Bertz CT molecular complexity index is 1790. The summed E-state index contributed by atoms with van der Waals surface area (Å²) in [5.41, 5.74) is 9.97. The van der Waals surface area contributed by atoms with Crippen molar-refractivity contribution >= 4 is 17.2 Å². The van der Waals surface area contributed by atoms with Crippen LogP contribution >= 0.6 is 11.3 Å². The van der Waals surface area contributed by atoms with Gasteiger partial charge in [-0.2, -0.15) is 5.26 Å². The first-order chi connectivity index (χ1) is 20.3. The highest BCUT2D eigenvalue weighted by Crippen LogP contribution is 2.36. The van der Waals surface area contributed by atoms with Crippen LogP contribution in [-0.4, -0.2) is 37.5 Å². The molecule has 6 rings (SSSR count). The number of hydrogen-bond donors (Lipinski definition) is 1. The Morgan fingerprint density at radius 2 is 1.88 bits per heavy atom. The van der Waals surface area contributed by atoms with E-state index in [1.54, 1.807) is 35.6 Å². The van der Waals surface area contributed by atoms with E-state index in [-0.39, 0.29) is 23.7 Å². The van der Waals surface area contributed by atoms with Crippen molar-refractivity contribution in [1.82, 2.24) is 25.1 Å². The van der Waals surface area contributed by atoms with Crippen LogP contribution in [0.25, 0.3) is 22.8 Å². The average molecular weight is 576 g/mol. The Kier molecular flexibility index (Phi) is 7.37. The quantitative estimate of drug-likeness (QED) is 0.256.